The lowest BCUT2D eigenvalue weighted by Gasteiger charge is -2.55. The molecule has 5 rings (SSSR count). The van der Waals surface area contributed by atoms with Crippen LogP contribution in [-0.2, 0) is 20.5 Å². The van der Waals surface area contributed by atoms with Crippen molar-refractivity contribution in [1.29, 1.82) is 0 Å². The molecule has 0 aliphatic heterocycles. The number of ketones is 1. The highest BCUT2D eigenvalue weighted by Gasteiger charge is 2.54. The molecule has 4 aliphatic rings. The summed E-state index contributed by atoms with van der Waals surface area (Å²) in [6, 6.07) is 4.69. The molecular weight excluding hydrogens is 369 g/mol. The fourth-order valence-electron chi connectivity index (χ4n) is 5.77. The van der Waals surface area contributed by atoms with Crippen LogP contribution in [0.3, 0.4) is 0 Å². The zero-order valence-corrected chi connectivity index (χ0v) is 15.5. The molecule has 28 heavy (non-hydrogen) atoms. The molecule has 0 aromatic heterocycles. The number of carbonyl (C=O) groups excluding carboxylic acids is 2. The Morgan fingerprint density at radius 2 is 1.68 bits per heavy atom. The van der Waals surface area contributed by atoms with Gasteiger partial charge in [0.1, 0.15) is 0 Å². The van der Waals surface area contributed by atoms with Crippen molar-refractivity contribution in [2.45, 2.75) is 44.7 Å². The molecule has 0 atom stereocenters. The topological polar surface area (TPSA) is 43.4 Å². The van der Waals surface area contributed by atoms with Crippen molar-refractivity contribution >= 4 is 17.8 Å². The molecule has 0 radical (unpaired) electrons. The number of carbonyl (C=O) groups is 2. The van der Waals surface area contributed by atoms with Crippen LogP contribution in [0.1, 0.15) is 49.7 Å². The normalized spacial score (nSPS) is 31.3. The molecule has 150 valence electrons. The largest absolute Gasteiger partial charge is 0.455 e. The lowest BCUT2D eigenvalue weighted by Crippen LogP contribution is -2.51. The summed E-state index contributed by atoms with van der Waals surface area (Å²) in [5, 5.41) is 0. The van der Waals surface area contributed by atoms with Crippen molar-refractivity contribution in [3.8, 4) is 0 Å². The highest BCUT2D eigenvalue weighted by molar-refractivity contribution is 5.91. The van der Waals surface area contributed by atoms with E-state index in [0.29, 0.717) is 17.8 Å². The summed E-state index contributed by atoms with van der Waals surface area (Å²) in [6.07, 6.45) is 4.33. The van der Waals surface area contributed by atoms with Crippen molar-refractivity contribution in [1.82, 2.24) is 0 Å². The maximum Gasteiger partial charge on any atom is 0.416 e. The third kappa shape index (κ3) is 3.87. The third-order valence-electron chi connectivity index (χ3n) is 6.60. The molecule has 0 N–H and O–H groups in total. The van der Waals surface area contributed by atoms with Crippen LogP contribution in [0.4, 0.5) is 13.2 Å². The van der Waals surface area contributed by atoms with Crippen molar-refractivity contribution in [3.05, 3.63) is 41.5 Å². The number of esters is 1. The second-order valence-electron chi connectivity index (χ2n) is 8.69. The Balaban J connectivity index is 1.34. The Labute approximate surface area is 161 Å². The average Bonchev–Trinajstić information content (AvgIpc) is 2.63. The van der Waals surface area contributed by atoms with Gasteiger partial charge in [-0.15, -0.1) is 0 Å². The van der Waals surface area contributed by atoms with Gasteiger partial charge >= 0.3 is 12.1 Å². The van der Waals surface area contributed by atoms with Crippen molar-refractivity contribution in [3.63, 3.8) is 0 Å². The summed E-state index contributed by atoms with van der Waals surface area (Å²) < 4.78 is 43.3. The first-order valence-corrected chi connectivity index (χ1v) is 9.79. The smallest absolute Gasteiger partial charge is 0.416 e. The Bertz CT molecular complexity index is 774. The molecule has 0 unspecified atom stereocenters. The highest BCUT2D eigenvalue weighted by atomic mass is 19.4. The van der Waals surface area contributed by atoms with Gasteiger partial charge in [0.15, 0.2) is 12.4 Å². The quantitative estimate of drug-likeness (QED) is 0.520. The second-order valence-corrected chi connectivity index (χ2v) is 8.69. The van der Waals surface area contributed by atoms with Gasteiger partial charge in [0.25, 0.3) is 0 Å². The van der Waals surface area contributed by atoms with E-state index in [0.717, 1.165) is 37.5 Å². The Morgan fingerprint density at radius 3 is 2.25 bits per heavy atom. The number of alkyl halides is 3. The number of hydrogen-bond acceptors (Lipinski definition) is 3. The standard InChI is InChI=1S/C22H23F3O3/c23-22(24,25)18-3-1-2-14(9-18)4-5-20(27)28-13-19(26)21-10-15-6-16(11-21)8-17(7-15)12-21/h1-5,9,15-17H,6-8,10-13H2. The first-order valence-electron chi connectivity index (χ1n) is 9.79. The molecule has 0 heterocycles. The Kier molecular flexibility index (Phi) is 4.84. The first kappa shape index (κ1) is 19.2. The van der Waals surface area contributed by atoms with Crippen molar-refractivity contribution in [2.75, 3.05) is 6.61 Å². The fraction of sp³-hybridized carbons (Fsp3) is 0.545. The first-order chi connectivity index (χ1) is 13.2. The summed E-state index contributed by atoms with van der Waals surface area (Å²) in [7, 11) is 0. The van der Waals surface area contributed by atoms with E-state index in [1.165, 1.54) is 37.5 Å². The summed E-state index contributed by atoms with van der Waals surface area (Å²) in [5.41, 5.74) is -0.848. The molecule has 0 amide bonds. The zero-order valence-electron chi connectivity index (χ0n) is 15.5. The number of halogens is 3. The van der Waals surface area contributed by atoms with Gasteiger partial charge in [-0.05, 0) is 80.1 Å². The van der Waals surface area contributed by atoms with E-state index in [4.69, 9.17) is 4.74 Å². The van der Waals surface area contributed by atoms with Crippen LogP contribution in [0.5, 0.6) is 0 Å². The third-order valence-corrected chi connectivity index (χ3v) is 6.60. The maximum absolute atomic E-state index is 12.8. The molecule has 0 spiro atoms. The van der Waals surface area contributed by atoms with Gasteiger partial charge in [-0.2, -0.15) is 13.2 Å². The van der Waals surface area contributed by atoms with Gasteiger partial charge in [0, 0.05) is 11.5 Å². The Morgan fingerprint density at radius 1 is 1.07 bits per heavy atom. The molecule has 3 nitrogen and oxygen atoms in total. The van der Waals surface area contributed by atoms with E-state index < -0.39 is 17.7 Å². The van der Waals surface area contributed by atoms with Gasteiger partial charge in [-0.25, -0.2) is 4.79 Å². The fourth-order valence-corrected chi connectivity index (χ4v) is 5.77. The summed E-state index contributed by atoms with van der Waals surface area (Å²) in [6.45, 7) is -0.252. The highest BCUT2D eigenvalue weighted by Crippen LogP contribution is 2.60. The number of Topliss-reactive ketones (excluding diaryl/α,β-unsaturated/α-hetero) is 1. The molecule has 4 fully saturated rings. The minimum absolute atomic E-state index is 0.00687. The molecule has 4 aliphatic carbocycles. The van der Waals surface area contributed by atoms with E-state index in [2.05, 4.69) is 0 Å². The summed E-state index contributed by atoms with van der Waals surface area (Å²) in [5.74, 6) is 1.19. The minimum Gasteiger partial charge on any atom is -0.455 e. The van der Waals surface area contributed by atoms with Crippen LogP contribution >= 0.6 is 0 Å². The van der Waals surface area contributed by atoms with E-state index >= 15 is 0 Å². The van der Waals surface area contributed by atoms with E-state index in [9.17, 15) is 22.8 Å². The van der Waals surface area contributed by atoms with E-state index in [1.54, 1.807) is 0 Å². The Hall–Kier alpha value is -2.11. The maximum atomic E-state index is 12.8. The van der Waals surface area contributed by atoms with Crippen LogP contribution in [0.15, 0.2) is 30.3 Å². The monoisotopic (exact) mass is 392 g/mol. The number of benzene rings is 1. The zero-order chi connectivity index (χ0) is 19.9. The summed E-state index contributed by atoms with van der Waals surface area (Å²) in [4.78, 5) is 24.8. The molecule has 6 heteroatoms. The van der Waals surface area contributed by atoms with Crippen molar-refractivity contribution < 1.29 is 27.5 Å². The number of rotatable bonds is 5. The molecule has 1 aromatic rings. The molecule has 0 saturated heterocycles. The van der Waals surface area contributed by atoms with Gasteiger partial charge in [0.2, 0.25) is 0 Å². The molecular formula is C22H23F3O3. The molecule has 4 bridgehead atoms. The van der Waals surface area contributed by atoms with Crippen LogP contribution in [0.25, 0.3) is 6.08 Å². The van der Waals surface area contributed by atoms with Gasteiger partial charge in [-0.3, -0.25) is 4.79 Å². The van der Waals surface area contributed by atoms with Gasteiger partial charge in [-0.1, -0.05) is 12.1 Å². The number of ether oxygens (including phenoxy) is 1. The van der Waals surface area contributed by atoms with Crippen LogP contribution in [-0.4, -0.2) is 18.4 Å². The summed E-state index contributed by atoms with van der Waals surface area (Å²) >= 11 is 0. The number of hydrogen-bond donors (Lipinski definition) is 0. The average molecular weight is 392 g/mol. The predicted octanol–water partition coefficient (Wildman–Crippen LogP) is 5.05. The minimum atomic E-state index is -4.44. The van der Waals surface area contributed by atoms with Crippen LogP contribution in [0, 0.1) is 23.2 Å². The SMILES string of the molecule is O=C(C=Cc1cccc(C(F)(F)F)c1)OCC(=O)C12CC3CC(CC(C3)C1)C2. The second kappa shape index (κ2) is 7.05. The molecule has 4 saturated carbocycles. The van der Waals surface area contributed by atoms with Crippen molar-refractivity contribution in [2.24, 2.45) is 23.2 Å². The van der Waals surface area contributed by atoms with E-state index in [1.807, 2.05) is 0 Å². The van der Waals surface area contributed by atoms with Crippen LogP contribution in [0.2, 0.25) is 0 Å². The molecule has 1 aromatic carbocycles. The van der Waals surface area contributed by atoms with Crippen LogP contribution < -0.4 is 0 Å². The lowest BCUT2D eigenvalue weighted by atomic mass is 9.48. The lowest BCUT2D eigenvalue weighted by molar-refractivity contribution is -0.155. The predicted molar refractivity (Wildman–Crippen MR) is 97.0 cm³/mol. The van der Waals surface area contributed by atoms with E-state index in [-0.39, 0.29) is 23.4 Å². The van der Waals surface area contributed by atoms with Gasteiger partial charge in [0.05, 0.1) is 5.56 Å². The van der Waals surface area contributed by atoms with Gasteiger partial charge < -0.3 is 4.74 Å².